The average molecular weight is 724 g/mol. The second-order valence-corrected chi connectivity index (χ2v) is 14.9. The third kappa shape index (κ3) is 6.47. The Morgan fingerprint density at radius 3 is 2.04 bits per heavy atom. The molecule has 0 fully saturated rings. The normalized spacial score (nSPS) is 14.8. The Morgan fingerprint density at radius 1 is 0.589 bits per heavy atom. The van der Waals surface area contributed by atoms with Crippen molar-refractivity contribution in [3.05, 3.63) is 198 Å². The van der Waals surface area contributed by atoms with Gasteiger partial charge in [-0.05, 0) is 123 Å². The minimum Gasteiger partial charge on any atom is -0.299 e. The van der Waals surface area contributed by atoms with Gasteiger partial charge in [0.25, 0.3) is 0 Å². The summed E-state index contributed by atoms with van der Waals surface area (Å²) in [5, 5.41) is 14.2. The Labute approximate surface area is 328 Å². The molecule has 5 heteroatoms. The van der Waals surface area contributed by atoms with E-state index in [4.69, 9.17) is 10.1 Å². The van der Waals surface area contributed by atoms with Gasteiger partial charge in [0.05, 0.1) is 22.8 Å². The molecule has 2 aromatic heterocycles. The third-order valence-electron chi connectivity index (χ3n) is 11.1. The first-order valence-electron chi connectivity index (χ1n) is 19.1. The lowest BCUT2D eigenvalue weighted by atomic mass is 9.81. The van der Waals surface area contributed by atoms with Crippen LogP contribution in [0.25, 0.3) is 55.9 Å². The number of fused-ring (bicyclic) bond motifs is 3. The molecule has 0 spiro atoms. The number of hydrazone groups is 1. The van der Waals surface area contributed by atoms with Gasteiger partial charge in [0.1, 0.15) is 5.71 Å². The lowest BCUT2D eigenvalue weighted by Gasteiger charge is -2.22. The van der Waals surface area contributed by atoms with Crippen molar-refractivity contribution in [2.75, 3.05) is 5.43 Å². The van der Waals surface area contributed by atoms with Crippen LogP contribution in [0.1, 0.15) is 48.6 Å². The van der Waals surface area contributed by atoms with Crippen LogP contribution in [0.4, 0.5) is 5.69 Å². The minimum absolute atomic E-state index is 0.0542. The molecule has 2 aliphatic rings. The van der Waals surface area contributed by atoms with Gasteiger partial charge in [-0.15, -0.1) is 0 Å². The second kappa shape index (κ2) is 14.3. The third-order valence-corrected chi connectivity index (χ3v) is 11.1. The van der Waals surface area contributed by atoms with E-state index in [-0.39, 0.29) is 5.41 Å². The highest BCUT2D eigenvalue weighted by Gasteiger charge is 2.35. The average Bonchev–Trinajstić information content (AvgIpc) is 3.49. The number of pyridine rings is 2. The number of aryl methyl sites for hydroxylation is 1. The molecular formula is C51H41N5. The zero-order chi connectivity index (χ0) is 38.2. The van der Waals surface area contributed by atoms with Crippen LogP contribution in [0.5, 0.6) is 0 Å². The standard InChI is InChI=1S/C51H41N5/c1-4-33-18-25-49(54-32-33)38-13-9-11-35(27-38)40-29-44(37-12-10-14-39(28-37)48-17-7-8-26-53-48)50(47(52)31-40)56-55-41-22-19-34(20-23-41)36-21-24-43-42-15-5-6-16-45(42)51(2,3)46(43)30-36/h5-32,52,55H,4H2,1-3H3/b52-47?,56-50-. The summed E-state index contributed by atoms with van der Waals surface area (Å²) in [5.74, 6) is 0. The number of nitrogens with one attached hydrogen (secondary N) is 2. The lowest BCUT2D eigenvalue weighted by molar-refractivity contribution is 0.660. The van der Waals surface area contributed by atoms with Crippen molar-refractivity contribution in [2.24, 2.45) is 5.10 Å². The van der Waals surface area contributed by atoms with Crippen molar-refractivity contribution in [3.63, 3.8) is 0 Å². The van der Waals surface area contributed by atoms with E-state index in [0.29, 0.717) is 11.4 Å². The van der Waals surface area contributed by atoms with Gasteiger partial charge in [-0.1, -0.05) is 118 Å². The summed E-state index contributed by atoms with van der Waals surface area (Å²) in [6.45, 7) is 6.76. The summed E-state index contributed by atoms with van der Waals surface area (Å²) in [6.07, 6.45) is 8.74. The first-order chi connectivity index (χ1) is 27.4. The van der Waals surface area contributed by atoms with E-state index < -0.39 is 0 Å². The lowest BCUT2D eigenvalue weighted by Crippen LogP contribution is -2.19. The van der Waals surface area contributed by atoms with Crippen LogP contribution < -0.4 is 5.43 Å². The number of anilines is 1. The van der Waals surface area contributed by atoms with Crippen molar-refractivity contribution in [1.29, 1.82) is 5.41 Å². The molecule has 0 radical (unpaired) electrons. The summed E-state index contributed by atoms with van der Waals surface area (Å²) in [6, 6.07) is 50.7. The Hall–Kier alpha value is -6.98. The van der Waals surface area contributed by atoms with Crippen molar-refractivity contribution in [1.82, 2.24) is 9.97 Å². The van der Waals surface area contributed by atoms with Gasteiger partial charge in [-0.3, -0.25) is 20.8 Å². The quantitative estimate of drug-likeness (QED) is 0.121. The maximum atomic E-state index is 9.33. The summed E-state index contributed by atoms with van der Waals surface area (Å²) >= 11 is 0. The Bertz CT molecular complexity index is 2720. The van der Waals surface area contributed by atoms with Gasteiger partial charge in [0.2, 0.25) is 0 Å². The largest absolute Gasteiger partial charge is 0.299 e. The van der Waals surface area contributed by atoms with Gasteiger partial charge in [0, 0.05) is 34.5 Å². The van der Waals surface area contributed by atoms with E-state index >= 15 is 0 Å². The van der Waals surface area contributed by atoms with Crippen LogP contribution in [-0.4, -0.2) is 21.4 Å². The van der Waals surface area contributed by atoms with Crippen LogP contribution >= 0.6 is 0 Å². The monoisotopic (exact) mass is 723 g/mol. The zero-order valence-electron chi connectivity index (χ0n) is 31.7. The molecule has 0 amide bonds. The molecule has 270 valence electrons. The Morgan fingerprint density at radius 2 is 1.29 bits per heavy atom. The smallest absolute Gasteiger partial charge is 0.116 e. The minimum atomic E-state index is -0.0542. The van der Waals surface area contributed by atoms with Gasteiger partial charge >= 0.3 is 0 Å². The molecule has 2 heterocycles. The van der Waals surface area contributed by atoms with Gasteiger partial charge < -0.3 is 0 Å². The molecule has 5 nitrogen and oxygen atoms in total. The Balaban J connectivity index is 1.04. The molecule has 7 aromatic rings. The number of nitrogens with zero attached hydrogens (tertiary/aromatic N) is 3. The molecular weight excluding hydrogens is 683 g/mol. The predicted molar refractivity (Wildman–Crippen MR) is 233 cm³/mol. The van der Waals surface area contributed by atoms with Crippen LogP contribution in [0.2, 0.25) is 0 Å². The topological polar surface area (TPSA) is 74.0 Å². The highest BCUT2D eigenvalue weighted by molar-refractivity contribution is 6.62. The number of hydrogen-bond acceptors (Lipinski definition) is 5. The maximum absolute atomic E-state index is 9.33. The van der Waals surface area contributed by atoms with Crippen LogP contribution in [0.3, 0.4) is 0 Å². The zero-order valence-corrected chi connectivity index (χ0v) is 31.7. The molecule has 5 aromatic carbocycles. The summed E-state index contributed by atoms with van der Waals surface area (Å²) < 4.78 is 0. The number of aromatic nitrogens is 2. The molecule has 56 heavy (non-hydrogen) atoms. The number of allylic oxidation sites excluding steroid dienone is 4. The molecule has 0 saturated heterocycles. The first kappa shape index (κ1) is 34.8. The fraction of sp³-hybridized carbons (Fsp3) is 0.0980. The van der Waals surface area contributed by atoms with Gasteiger partial charge in [-0.25, -0.2) is 0 Å². The van der Waals surface area contributed by atoms with Crippen LogP contribution in [0, 0.1) is 5.41 Å². The molecule has 9 rings (SSSR count). The molecule has 2 N–H and O–H groups in total. The molecule has 0 atom stereocenters. The molecule has 0 unspecified atom stereocenters. The van der Waals surface area contributed by atoms with Crippen molar-refractivity contribution >= 4 is 28.3 Å². The fourth-order valence-electron chi connectivity index (χ4n) is 7.93. The molecule has 0 aliphatic heterocycles. The second-order valence-electron chi connectivity index (χ2n) is 14.9. The highest BCUT2D eigenvalue weighted by Crippen LogP contribution is 2.49. The SMILES string of the molecule is CCc1ccc(-c2cccc(C3=CC(=N)/C(=N\Nc4ccc(-c5ccc6c(c5)C(C)(C)c5ccccc5-6)cc4)C(c4cccc(-c5ccccn5)c4)=C3)c2)nc1. The van der Waals surface area contributed by atoms with Crippen molar-refractivity contribution in [2.45, 2.75) is 32.6 Å². The summed E-state index contributed by atoms with van der Waals surface area (Å²) in [5.41, 5.74) is 21.5. The number of hydrogen-bond donors (Lipinski definition) is 2. The summed E-state index contributed by atoms with van der Waals surface area (Å²) in [4.78, 5) is 9.32. The molecule has 0 bridgehead atoms. The van der Waals surface area contributed by atoms with E-state index in [2.05, 4.69) is 159 Å². The van der Waals surface area contributed by atoms with E-state index in [1.165, 1.54) is 33.4 Å². The molecule has 2 aliphatic carbocycles. The number of benzene rings is 5. The van der Waals surface area contributed by atoms with Gasteiger partial charge in [0.15, 0.2) is 0 Å². The van der Waals surface area contributed by atoms with E-state index in [1.807, 2.05) is 42.7 Å². The van der Waals surface area contributed by atoms with Crippen molar-refractivity contribution in [3.8, 4) is 44.8 Å². The van der Waals surface area contributed by atoms with Crippen LogP contribution in [-0.2, 0) is 11.8 Å². The predicted octanol–water partition coefficient (Wildman–Crippen LogP) is 12.3. The van der Waals surface area contributed by atoms with E-state index in [9.17, 15) is 5.41 Å². The van der Waals surface area contributed by atoms with E-state index in [0.717, 1.165) is 62.5 Å². The summed E-state index contributed by atoms with van der Waals surface area (Å²) in [7, 11) is 0. The fourth-order valence-corrected chi connectivity index (χ4v) is 7.93. The van der Waals surface area contributed by atoms with E-state index in [1.54, 1.807) is 0 Å². The number of rotatable bonds is 8. The highest BCUT2D eigenvalue weighted by atomic mass is 15.3. The van der Waals surface area contributed by atoms with Crippen LogP contribution in [0.15, 0.2) is 175 Å². The maximum Gasteiger partial charge on any atom is 0.116 e. The first-order valence-corrected chi connectivity index (χ1v) is 19.1. The Kier molecular flexibility index (Phi) is 8.91. The van der Waals surface area contributed by atoms with Gasteiger partial charge in [-0.2, -0.15) is 5.10 Å². The molecule has 0 saturated carbocycles. The van der Waals surface area contributed by atoms with Crippen molar-refractivity contribution < 1.29 is 0 Å².